The van der Waals surface area contributed by atoms with Crippen molar-refractivity contribution in [3.63, 3.8) is 0 Å². The maximum absolute atomic E-state index is 6.09. The number of rotatable bonds is 5. The molecule has 0 saturated carbocycles. The number of hydrogen-bond acceptors (Lipinski definition) is 5. The average molecular weight is 377 g/mol. The van der Waals surface area contributed by atoms with E-state index in [1.807, 2.05) is 35.9 Å². The number of aromatic nitrogens is 4. The molecule has 3 heterocycles. The third-order valence-electron chi connectivity index (χ3n) is 5.22. The summed E-state index contributed by atoms with van der Waals surface area (Å²) < 4.78 is 8.14. The standard InChI is InChI=1S/C22H27N5O/c1-4-17-12-15(2)13-19(14-17)28-21-7-5-6-20(24-21)22-16(3)25-26-27(22)18-8-10-23-11-9-18/h5-7,12-14,18,23H,4,8-11H2,1-3H3. The SMILES string of the molecule is CCc1cc(C)cc(Oc2cccc(-c3c(C)nnn3C3CCNCC3)n2)c1. The molecule has 28 heavy (non-hydrogen) atoms. The summed E-state index contributed by atoms with van der Waals surface area (Å²) in [4.78, 5) is 4.77. The number of aryl methyl sites for hydroxylation is 3. The molecule has 1 fully saturated rings. The summed E-state index contributed by atoms with van der Waals surface area (Å²) >= 11 is 0. The molecular weight excluding hydrogens is 350 g/mol. The van der Waals surface area contributed by atoms with E-state index >= 15 is 0 Å². The third-order valence-corrected chi connectivity index (χ3v) is 5.22. The van der Waals surface area contributed by atoms with Gasteiger partial charge in [-0.05, 0) is 75.5 Å². The summed E-state index contributed by atoms with van der Waals surface area (Å²) in [5, 5.41) is 12.2. The quantitative estimate of drug-likeness (QED) is 0.721. The van der Waals surface area contributed by atoms with Gasteiger partial charge in [-0.25, -0.2) is 9.67 Å². The predicted molar refractivity (Wildman–Crippen MR) is 110 cm³/mol. The maximum atomic E-state index is 6.09. The zero-order chi connectivity index (χ0) is 19.5. The fourth-order valence-corrected chi connectivity index (χ4v) is 3.79. The molecule has 1 saturated heterocycles. The van der Waals surface area contributed by atoms with Crippen molar-refractivity contribution in [3.05, 3.63) is 53.2 Å². The van der Waals surface area contributed by atoms with Gasteiger partial charge in [0.05, 0.1) is 17.4 Å². The summed E-state index contributed by atoms with van der Waals surface area (Å²) in [6.45, 7) is 8.24. The minimum atomic E-state index is 0.354. The Bertz CT molecular complexity index is 959. The smallest absolute Gasteiger partial charge is 0.219 e. The van der Waals surface area contributed by atoms with E-state index in [4.69, 9.17) is 9.72 Å². The first-order valence-corrected chi connectivity index (χ1v) is 10.0. The molecule has 146 valence electrons. The van der Waals surface area contributed by atoms with Gasteiger partial charge in [0.2, 0.25) is 5.88 Å². The first kappa shape index (κ1) is 18.6. The fourth-order valence-electron chi connectivity index (χ4n) is 3.79. The van der Waals surface area contributed by atoms with E-state index in [0.29, 0.717) is 11.9 Å². The van der Waals surface area contributed by atoms with Crippen LogP contribution in [0.25, 0.3) is 11.4 Å². The number of hydrogen-bond donors (Lipinski definition) is 1. The minimum Gasteiger partial charge on any atom is -0.439 e. The van der Waals surface area contributed by atoms with Crippen LogP contribution in [0.15, 0.2) is 36.4 Å². The Hall–Kier alpha value is -2.73. The zero-order valence-electron chi connectivity index (χ0n) is 16.8. The van der Waals surface area contributed by atoms with Gasteiger partial charge in [-0.3, -0.25) is 0 Å². The zero-order valence-corrected chi connectivity index (χ0v) is 16.8. The molecule has 1 aliphatic heterocycles. The highest BCUT2D eigenvalue weighted by Gasteiger charge is 2.22. The summed E-state index contributed by atoms with van der Waals surface area (Å²) in [6.07, 6.45) is 3.08. The van der Waals surface area contributed by atoms with Crippen LogP contribution in [0.2, 0.25) is 0 Å². The van der Waals surface area contributed by atoms with E-state index in [2.05, 4.69) is 41.6 Å². The molecule has 2 aromatic heterocycles. The lowest BCUT2D eigenvalue weighted by Crippen LogP contribution is -2.30. The van der Waals surface area contributed by atoms with Crippen LogP contribution in [0, 0.1) is 13.8 Å². The topological polar surface area (TPSA) is 64.9 Å². The Balaban J connectivity index is 1.65. The Labute approximate surface area is 166 Å². The summed E-state index contributed by atoms with van der Waals surface area (Å²) in [6, 6.07) is 12.5. The second-order valence-corrected chi connectivity index (χ2v) is 7.42. The molecular formula is C22H27N5O. The first-order valence-electron chi connectivity index (χ1n) is 10.0. The van der Waals surface area contributed by atoms with Crippen molar-refractivity contribution >= 4 is 0 Å². The van der Waals surface area contributed by atoms with Gasteiger partial charge in [-0.2, -0.15) is 0 Å². The van der Waals surface area contributed by atoms with Crippen LogP contribution in [-0.2, 0) is 6.42 Å². The van der Waals surface area contributed by atoms with Gasteiger partial charge in [0.15, 0.2) is 0 Å². The molecule has 0 spiro atoms. The van der Waals surface area contributed by atoms with Crippen LogP contribution in [0.4, 0.5) is 0 Å². The number of pyridine rings is 1. The van der Waals surface area contributed by atoms with Gasteiger partial charge in [0, 0.05) is 6.07 Å². The molecule has 0 atom stereocenters. The lowest BCUT2D eigenvalue weighted by atomic mass is 10.1. The molecule has 1 N–H and O–H groups in total. The largest absolute Gasteiger partial charge is 0.439 e. The van der Waals surface area contributed by atoms with E-state index in [1.165, 1.54) is 11.1 Å². The van der Waals surface area contributed by atoms with E-state index in [-0.39, 0.29) is 0 Å². The van der Waals surface area contributed by atoms with Gasteiger partial charge in [0.1, 0.15) is 11.4 Å². The molecule has 0 amide bonds. The van der Waals surface area contributed by atoms with Crippen LogP contribution in [0.3, 0.4) is 0 Å². The van der Waals surface area contributed by atoms with Gasteiger partial charge in [-0.1, -0.05) is 24.3 Å². The van der Waals surface area contributed by atoms with Crippen molar-refractivity contribution in [2.24, 2.45) is 0 Å². The molecule has 4 rings (SSSR count). The fraction of sp³-hybridized carbons (Fsp3) is 0.409. The van der Waals surface area contributed by atoms with Gasteiger partial charge in [0.25, 0.3) is 0 Å². The Kier molecular flexibility index (Phi) is 5.39. The third kappa shape index (κ3) is 3.92. The van der Waals surface area contributed by atoms with E-state index < -0.39 is 0 Å². The number of piperidine rings is 1. The molecule has 6 heteroatoms. The molecule has 3 aromatic rings. The molecule has 1 aromatic carbocycles. The highest BCUT2D eigenvalue weighted by Crippen LogP contribution is 2.29. The highest BCUT2D eigenvalue weighted by molar-refractivity contribution is 5.58. The van der Waals surface area contributed by atoms with Crippen molar-refractivity contribution in [2.45, 2.75) is 46.1 Å². The molecule has 0 bridgehead atoms. The molecule has 0 aliphatic carbocycles. The number of nitrogens with zero attached hydrogens (tertiary/aromatic N) is 4. The second kappa shape index (κ2) is 8.10. The van der Waals surface area contributed by atoms with E-state index in [1.54, 1.807) is 0 Å². The Morgan fingerprint density at radius 1 is 1.14 bits per heavy atom. The first-order chi connectivity index (χ1) is 13.6. The van der Waals surface area contributed by atoms with Gasteiger partial charge >= 0.3 is 0 Å². The van der Waals surface area contributed by atoms with Gasteiger partial charge < -0.3 is 10.1 Å². The van der Waals surface area contributed by atoms with Crippen LogP contribution < -0.4 is 10.1 Å². The highest BCUT2D eigenvalue weighted by atomic mass is 16.5. The predicted octanol–water partition coefficient (Wildman–Crippen LogP) is 4.24. The second-order valence-electron chi connectivity index (χ2n) is 7.42. The monoisotopic (exact) mass is 377 g/mol. The molecule has 6 nitrogen and oxygen atoms in total. The van der Waals surface area contributed by atoms with E-state index in [0.717, 1.165) is 55.2 Å². The summed E-state index contributed by atoms with van der Waals surface area (Å²) in [5.41, 5.74) is 5.18. The van der Waals surface area contributed by atoms with Gasteiger partial charge in [-0.15, -0.1) is 5.10 Å². The molecule has 0 radical (unpaired) electrons. The van der Waals surface area contributed by atoms with Crippen molar-refractivity contribution in [1.82, 2.24) is 25.3 Å². The normalized spacial score (nSPS) is 15.0. The lowest BCUT2D eigenvalue weighted by molar-refractivity contribution is 0.340. The van der Waals surface area contributed by atoms with Crippen LogP contribution in [0.5, 0.6) is 11.6 Å². The number of benzene rings is 1. The van der Waals surface area contributed by atoms with Crippen molar-refractivity contribution < 1.29 is 4.74 Å². The van der Waals surface area contributed by atoms with Crippen molar-refractivity contribution in [2.75, 3.05) is 13.1 Å². The van der Waals surface area contributed by atoms with Crippen molar-refractivity contribution in [3.8, 4) is 23.0 Å². The molecule has 1 aliphatic rings. The van der Waals surface area contributed by atoms with Crippen molar-refractivity contribution in [1.29, 1.82) is 0 Å². The summed E-state index contributed by atoms with van der Waals surface area (Å²) in [5.74, 6) is 1.41. The lowest BCUT2D eigenvalue weighted by Gasteiger charge is -2.24. The Morgan fingerprint density at radius 2 is 1.96 bits per heavy atom. The van der Waals surface area contributed by atoms with Crippen LogP contribution in [-0.4, -0.2) is 33.1 Å². The Morgan fingerprint density at radius 3 is 2.75 bits per heavy atom. The minimum absolute atomic E-state index is 0.354. The number of nitrogens with one attached hydrogen (secondary N) is 1. The average Bonchev–Trinajstić information content (AvgIpc) is 3.10. The van der Waals surface area contributed by atoms with Crippen LogP contribution in [0.1, 0.15) is 42.6 Å². The van der Waals surface area contributed by atoms with Crippen LogP contribution >= 0.6 is 0 Å². The molecule has 0 unspecified atom stereocenters. The maximum Gasteiger partial charge on any atom is 0.219 e. The number of ether oxygens (including phenoxy) is 1. The van der Waals surface area contributed by atoms with E-state index in [9.17, 15) is 0 Å². The summed E-state index contributed by atoms with van der Waals surface area (Å²) in [7, 11) is 0.